The topological polar surface area (TPSA) is 26.3 Å². The van der Waals surface area contributed by atoms with Crippen LogP contribution in [0.4, 0.5) is 0 Å². The summed E-state index contributed by atoms with van der Waals surface area (Å²) in [6.07, 6.45) is 2.57. The van der Waals surface area contributed by atoms with E-state index in [0.717, 1.165) is 12.2 Å². The van der Waals surface area contributed by atoms with Crippen molar-refractivity contribution in [1.29, 1.82) is 0 Å². The first kappa shape index (κ1) is 8.21. The Balaban J connectivity index is 3.71. The molecule has 0 fully saturated rings. The molecule has 0 spiro atoms. The Labute approximate surface area is 55.5 Å². The molecule has 0 saturated carbocycles. The zero-order chi connectivity index (χ0) is 7.28. The van der Waals surface area contributed by atoms with Gasteiger partial charge in [-0.15, -0.1) is 0 Å². The average Bonchev–Trinajstić information content (AvgIpc) is 1.82. The number of rotatable bonds is 2. The van der Waals surface area contributed by atoms with Crippen molar-refractivity contribution in [3.05, 3.63) is 11.8 Å². The fraction of sp³-hybridized carbons (Fsp3) is 0.571. The van der Waals surface area contributed by atoms with Crippen molar-refractivity contribution < 1.29 is 9.53 Å². The second kappa shape index (κ2) is 4.13. The second-order valence-corrected chi connectivity index (χ2v) is 1.70. The fourth-order valence-electron chi connectivity index (χ4n) is 0.520. The monoisotopic (exact) mass is 128 g/mol. The fourth-order valence-corrected chi connectivity index (χ4v) is 0.520. The lowest BCUT2D eigenvalue weighted by atomic mass is 10.4. The number of hydrogen-bond acceptors (Lipinski definition) is 2. The SMILES string of the molecule is C/C=C(/CC)OC(C)=O. The van der Waals surface area contributed by atoms with Gasteiger partial charge in [0, 0.05) is 13.3 Å². The summed E-state index contributed by atoms with van der Waals surface area (Å²) in [6.45, 7) is 5.19. The lowest BCUT2D eigenvalue weighted by Gasteiger charge is -2.00. The average molecular weight is 128 g/mol. The van der Waals surface area contributed by atoms with Gasteiger partial charge in [0.05, 0.1) is 0 Å². The zero-order valence-corrected chi connectivity index (χ0v) is 6.10. The lowest BCUT2D eigenvalue weighted by molar-refractivity contribution is -0.137. The van der Waals surface area contributed by atoms with Crippen LogP contribution >= 0.6 is 0 Å². The predicted molar refractivity (Wildman–Crippen MR) is 35.8 cm³/mol. The normalized spacial score (nSPS) is 11.2. The second-order valence-electron chi connectivity index (χ2n) is 1.70. The standard InChI is InChI=1S/C7H12O2/c1-4-7(5-2)9-6(3)8/h4H,5H2,1-3H3/b7-4-. The van der Waals surface area contributed by atoms with E-state index in [9.17, 15) is 4.79 Å². The Morgan fingerprint density at radius 3 is 2.33 bits per heavy atom. The number of hydrogen-bond donors (Lipinski definition) is 0. The van der Waals surface area contributed by atoms with E-state index in [1.54, 1.807) is 6.08 Å². The first-order valence-electron chi connectivity index (χ1n) is 3.04. The van der Waals surface area contributed by atoms with E-state index in [-0.39, 0.29) is 5.97 Å². The molecule has 0 bridgehead atoms. The molecular weight excluding hydrogens is 116 g/mol. The van der Waals surface area contributed by atoms with Crippen LogP contribution in [0, 0.1) is 0 Å². The molecule has 0 aromatic heterocycles. The van der Waals surface area contributed by atoms with Crippen LogP contribution in [-0.4, -0.2) is 5.97 Å². The van der Waals surface area contributed by atoms with Crippen molar-refractivity contribution in [3.63, 3.8) is 0 Å². The Bertz CT molecular complexity index is 125. The van der Waals surface area contributed by atoms with E-state index in [1.165, 1.54) is 6.92 Å². The van der Waals surface area contributed by atoms with Gasteiger partial charge in [-0.1, -0.05) is 6.92 Å². The van der Waals surface area contributed by atoms with Gasteiger partial charge in [0.2, 0.25) is 0 Å². The van der Waals surface area contributed by atoms with Crippen LogP contribution in [-0.2, 0) is 9.53 Å². The molecule has 2 nitrogen and oxygen atoms in total. The molecule has 0 saturated heterocycles. The molecule has 9 heavy (non-hydrogen) atoms. The molecule has 0 N–H and O–H groups in total. The smallest absolute Gasteiger partial charge is 0.307 e. The Morgan fingerprint density at radius 1 is 1.67 bits per heavy atom. The van der Waals surface area contributed by atoms with Gasteiger partial charge in [0.15, 0.2) is 0 Å². The van der Waals surface area contributed by atoms with E-state index in [4.69, 9.17) is 4.74 Å². The van der Waals surface area contributed by atoms with Crippen molar-refractivity contribution >= 4 is 5.97 Å². The summed E-state index contributed by atoms with van der Waals surface area (Å²) in [5, 5.41) is 0. The summed E-state index contributed by atoms with van der Waals surface area (Å²) in [7, 11) is 0. The van der Waals surface area contributed by atoms with Gasteiger partial charge >= 0.3 is 5.97 Å². The Morgan fingerprint density at radius 2 is 2.22 bits per heavy atom. The number of ether oxygens (including phenoxy) is 1. The predicted octanol–water partition coefficient (Wildman–Crippen LogP) is 1.86. The summed E-state index contributed by atoms with van der Waals surface area (Å²) >= 11 is 0. The van der Waals surface area contributed by atoms with Gasteiger partial charge in [0.1, 0.15) is 5.76 Å². The third-order valence-corrected chi connectivity index (χ3v) is 0.945. The molecule has 0 radical (unpaired) electrons. The number of carbonyl (C=O) groups excluding carboxylic acids is 1. The molecular formula is C7H12O2. The van der Waals surface area contributed by atoms with E-state index < -0.39 is 0 Å². The molecule has 0 unspecified atom stereocenters. The molecule has 0 aromatic carbocycles. The van der Waals surface area contributed by atoms with Crippen molar-refractivity contribution in [3.8, 4) is 0 Å². The molecule has 0 atom stereocenters. The summed E-state index contributed by atoms with van der Waals surface area (Å²) in [5.74, 6) is 0.493. The lowest BCUT2D eigenvalue weighted by Crippen LogP contribution is -1.96. The van der Waals surface area contributed by atoms with Crippen LogP contribution in [0.5, 0.6) is 0 Å². The van der Waals surface area contributed by atoms with Crippen molar-refractivity contribution in [2.75, 3.05) is 0 Å². The third kappa shape index (κ3) is 3.76. The van der Waals surface area contributed by atoms with Crippen LogP contribution < -0.4 is 0 Å². The molecule has 2 heteroatoms. The summed E-state index contributed by atoms with van der Waals surface area (Å²) in [5.41, 5.74) is 0. The largest absolute Gasteiger partial charge is 0.432 e. The Hall–Kier alpha value is -0.790. The van der Waals surface area contributed by atoms with Crippen LogP contribution in [0.3, 0.4) is 0 Å². The molecule has 0 aliphatic carbocycles. The minimum absolute atomic E-state index is 0.245. The van der Waals surface area contributed by atoms with Gasteiger partial charge in [-0.2, -0.15) is 0 Å². The number of esters is 1. The zero-order valence-electron chi connectivity index (χ0n) is 6.10. The number of carbonyl (C=O) groups is 1. The maximum atomic E-state index is 10.3. The maximum absolute atomic E-state index is 10.3. The minimum atomic E-state index is -0.245. The van der Waals surface area contributed by atoms with Gasteiger partial charge in [-0.3, -0.25) is 4.79 Å². The molecule has 0 aromatic rings. The number of allylic oxidation sites excluding steroid dienone is 2. The molecule has 0 aliphatic heterocycles. The van der Waals surface area contributed by atoms with E-state index in [1.807, 2.05) is 13.8 Å². The summed E-state index contributed by atoms with van der Waals surface area (Å²) in [6, 6.07) is 0. The van der Waals surface area contributed by atoms with Crippen molar-refractivity contribution in [1.82, 2.24) is 0 Å². The van der Waals surface area contributed by atoms with E-state index in [0.29, 0.717) is 0 Å². The third-order valence-electron chi connectivity index (χ3n) is 0.945. The van der Waals surface area contributed by atoms with Crippen LogP contribution in [0.15, 0.2) is 11.8 Å². The highest BCUT2D eigenvalue weighted by molar-refractivity contribution is 5.67. The Kier molecular flexibility index (Phi) is 3.76. The first-order valence-corrected chi connectivity index (χ1v) is 3.04. The first-order chi connectivity index (χ1) is 4.20. The van der Waals surface area contributed by atoms with Crippen LogP contribution in [0.25, 0.3) is 0 Å². The van der Waals surface area contributed by atoms with Crippen molar-refractivity contribution in [2.24, 2.45) is 0 Å². The maximum Gasteiger partial charge on any atom is 0.307 e. The summed E-state index contributed by atoms with van der Waals surface area (Å²) < 4.78 is 4.77. The van der Waals surface area contributed by atoms with Gasteiger partial charge < -0.3 is 4.74 Å². The van der Waals surface area contributed by atoms with E-state index >= 15 is 0 Å². The molecule has 0 amide bonds. The highest BCUT2D eigenvalue weighted by Crippen LogP contribution is 2.01. The van der Waals surface area contributed by atoms with Crippen LogP contribution in [0.1, 0.15) is 27.2 Å². The summed E-state index contributed by atoms with van der Waals surface area (Å²) in [4.78, 5) is 10.3. The van der Waals surface area contributed by atoms with Gasteiger partial charge in [-0.05, 0) is 13.0 Å². The molecule has 52 valence electrons. The molecule has 0 heterocycles. The van der Waals surface area contributed by atoms with Gasteiger partial charge in [0.25, 0.3) is 0 Å². The molecule has 0 aliphatic rings. The highest BCUT2D eigenvalue weighted by atomic mass is 16.5. The quantitative estimate of drug-likeness (QED) is 0.419. The molecule has 0 rings (SSSR count). The highest BCUT2D eigenvalue weighted by Gasteiger charge is 1.95. The van der Waals surface area contributed by atoms with Crippen LogP contribution in [0.2, 0.25) is 0 Å². The minimum Gasteiger partial charge on any atom is -0.432 e. The van der Waals surface area contributed by atoms with Crippen molar-refractivity contribution in [2.45, 2.75) is 27.2 Å². The van der Waals surface area contributed by atoms with Gasteiger partial charge in [-0.25, -0.2) is 0 Å². The van der Waals surface area contributed by atoms with E-state index in [2.05, 4.69) is 0 Å².